The molecule has 0 saturated heterocycles. The molecule has 0 aromatic heterocycles. The highest BCUT2D eigenvalue weighted by Crippen LogP contribution is 2.46. The molecular formula is C32H23BBrNO2. The summed E-state index contributed by atoms with van der Waals surface area (Å²) in [6, 6.07) is 38.4. The van der Waals surface area contributed by atoms with E-state index in [0.717, 1.165) is 59.4 Å². The molecule has 0 aliphatic heterocycles. The zero-order valence-corrected chi connectivity index (χ0v) is 21.5. The Morgan fingerprint density at radius 1 is 0.541 bits per heavy atom. The lowest BCUT2D eigenvalue weighted by Gasteiger charge is -2.22. The lowest BCUT2D eigenvalue weighted by Crippen LogP contribution is -2.32. The van der Waals surface area contributed by atoms with Crippen LogP contribution in [0.5, 0.6) is 0 Å². The van der Waals surface area contributed by atoms with E-state index in [9.17, 15) is 10.0 Å². The van der Waals surface area contributed by atoms with Crippen LogP contribution >= 0.6 is 15.9 Å². The van der Waals surface area contributed by atoms with Gasteiger partial charge in [-0.25, -0.2) is 0 Å². The molecular weight excluding hydrogens is 521 g/mol. The molecule has 0 saturated carbocycles. The molecule has 0 heterocycles. The van der Waals surface area contributed by atoms with Crippen molar-refractivity contribution in [2.24, 2.45) is 0 Å². The van der Waals surface area contributed by atoms with Gasteiger partial charge in [0.2, 0.25) is 0 Å². The number of halogens is 1. The average molecular weight is 544 g/mol. The number of nitrogens with two attached hydrogens (primary N) is 1. The zero-order valence-electron chi connectivity index (χ0n) is 19.9. The van der Waals surface area contributed by atoms with E-state index in [2.05, 4.69) is 64.5 Å². The number of nitrogen functional groups attached to an aromatic ring is 1. The van der Waals surface area contributed by atoms with Crippen molar-refractivity contribution >= 4 is 55.7 Å². The monoisotopic (exact) mass is 543 g/mol. The summed E-state index contributed by atoms with van der Waals surface area (Å²) in [6.07, 6.45) is 0. The van der Waals surface area contributed by atoms with Crippen molar-refractivity contribution in [1.82, 2.24) is 0 Å². The van der Waals surface area contributed by atoms with Gasteiger partial charge in [-0.3, -0.25) is 0 Å². The molecule has 37 heavy (non-hydrogen) atoms. The molecule has 0 radical (unpaired) electrons. The summed E-state index contributed by atoms with van der Waals surface area (Å²) in [7, 11) is -1.65. The van der Waals surface area contributed by atoms with Crippen LogP contribution in [0.15, 0.2) is 120 Å². The van der Waals surface area contributed by atoms with Gasteiger partial charge in [-0.05, 0) is 67.0 Å². The van der Waals surface area contributed by atoms with Crippen LogP contribution < -0.4 is 11.2 Å². The largest absolute Gasteiger partial charge is 0.489 e. The van der Waals surface area contributed by atoms with Crippen molar-refractivity contribution in [3.63, 3.8) is 0 Å². The summed E-state index contributed by atoms with van der Waals surface area (Å²) in [6.45, 7) is 0. The summed E-state index contributed by atoms with van der Waals surface area (Å²) in [5.74, 6) is 0. The number of hydrogen-bond acceptors (Lipinski definition) is 3. The second kappa shape index (κ2) is 9.53. The lowest BCUT2D eigenvalue weighted by atomic mass is 9.71. The highest BCUT2D eigenvalue weighted by atomic mass is 79.9. The standard InChI is InChI=1S/C32H23BBrNO2/c34-21-17-18-22(29(35)19-21)23-15-8-16-28(33(36)37)32(23)31-26-13-6-4-11-24(26)30(20-9-2-1-3-10-20)25-12-5-7-14-27(25)31/h1-19,36-37H,35H2. The second-order valence-corrected chi connectivity index (χ2v) is 10.00. The fourth-order valence-corrected chi connectivity index (χ4v) is 5.76. The Kier molecular flexibility index (Phi) is 6.05. The number of anilines is 1. The second-order valence-electron chi connectivity index (χ2n) is 9.08. The maximum absolute atomic E-state index is 10.5. The van der Waals surface area contributed by atoms with E-state index in [1.54, 1.807) is 6.07 Å². The van der Waals surface area contributed by atoms with Crippen LogP contribution in [0.4, 0.5) is 5.69 Å². The molecule has 4 N–H and O–H groups in total. The molecule has 178 valence electrons. The molecule has 0 aliphatic carbocycles. The van der Waals surface area contributed by atoms with Gasteiger partial charge in [0.05, 0.1) is 0 Å². The van der Waals surface area contributed by atoms with Crippen molar-refractivity contribution in [3.8, 4) is 33.4 Å². The van der Waals surface area contributed by atoms with E-state index < -0.39 is 7.12 Å². The molecule has 0 aliphatic rings. The first kappa shape index (κ1) is 23.5. The number of fused-ring (bicyclic) bond motifs is 2. The van der Waals surface area contributed by atoms with Crippen molar-refractivity contribution in [3.05, 3.63) is 120 Å². The first-order valence-corrected chi connectivity index (χ1v) is 12.9. The minimum atomic E-state index is -1.65. The summed E-state index contributed by atoms with van der Waals surface area (Å²) >= 11 is 3.51. The molecule has 0 atom stereocenters. The Hall–Kier alpha value is -3.90. The molecule has 0 bridgehead atoms. The van der Waals surface area contributed by atoms with Crippen LogP contribution in [0.3, 0.4) is 0 Å². The summed E-state index contributed by atoms with van der Waals surface area (Å²) in [5.41, 5.74) is 13.2. The Bertz CT molecular complexity index is 1730. The van der Waals surface area contributed by atoms with E-state index in [4.69, 9.17) is 5.73 Å². The van der Waals surface area contributed by atoms with E-state index in [-0.39, 0.29) is 0 Å². The topological polar surface area (TPSA) is 66.5 Å². The first-order valence-electron chi connectivity index (χ1n) is 12.1. The van der Waals surface area contributed by atoms with Gasteiger partial charge in [-0.2, -0.15) is 0 Å². The first-order chi connectivity index (χ1) is 18.0. The Balaban J connectivity index is 1.82. The van der Waals surface area contributed by atoms with Crippen molar-refractivity contribution in [2.75, 3.05) is 5.73 Å². The van der Waals surface area contributed by atoms with E-state index in [0.29, 0.717) is 11.2 Å². The van der Waals surface area contributed by atoms with Gasteiger partial charge in [-0.15, -0.1) is 0 Å². The number of rotatable bonds is 4. The van der Waals surface area contributed by atoms with Gasteiger partial charge in [-0.1, -0.05) is 119 Å². The molecule has 0 spiro atoms. The molecule has 5 heteroatoms. The normalized spacial score (nSPS) is 11.2. The molecule has 6 aromatic rings. The molecule has 0 fully saturated rings. The predicted molar refractivity (Wildman–Crippen MR) is 160 cm³/mol. The molecule has 0 unspecified atom stereocenters. The molecule has 6 aromatic carbocycles. The predicted octanol–water partition coefficient (Wildman–Crippen LogP) is 7.02. The highest BCUT2D eigenvalue weighted by molar-refractivity contribution is 9.10. The SMILES string of the molecule is Nc1cc(Br)ccc1-c1cccc(B(O)O)c1-c1c2ccccc2c(-c2ccccc2)c2ccccc12. The minimum Gasteiger partial charge on any atom is -0.423 e. The van der Waals surface area contributed by atoms with Crippen molar-refractivity contribution < 1.29 is 10.0 Å². The maximum atomic E-state index is 10.5. The number of benzene rings is 6. The maximum Gasteiger partial charge on any atom is 0.489 e. The lowest BCUT2D eigenvalue weighted by molar-refractivity contribution is 0.426. The van der Waals surface area contributed by atoms with Crippen LogP contribution in [0, 0.1) is 0 Å². The third-order valence-electron chi connectivity index (χ3n) is 6.92. The fourth-order valence-electron chi connectivity index (χ4n) is 5.38. The van der Waals surface area contributed by atoms with Crippen LogP contribution in [0.25, 0.3) is 54.9 Å². The van der Waals surface area contributed by atoms with E-state index >= 15 is 0 Å². The zero-order chi connectivity index (χ0) is 25.5. The average Bonchev–Trinajstić information content (AvgIpc) is 2.92. The summed E-state index contributed by atoms with van der Waals surface area (Å²) in [4.78, 5) is 0. The molecule has 0 amide bonds. The van der Waals surface area contributed by atoms with Gasteiger partial charge in [0, 0.05) is 15.7 Å². The van der Waals surface area contributed by atoms with Gasteiger partial charge < -0.3 is 15.8 Å². The minimum absolute atomic E-state index is 0.433. The van der Waals surface area contributed by atoms with Crippen molar-refractivity contribution in [1.29, 1.82) is 0 Å². The third-order valence-corrected chi connectivity index (χ3v) is 7.42. The van der Waals surface area contributed by atoms with Crippen LogP contribution in [-0.4, -0.2) is 17.2 Å². The van der Waals surface area contributed by atoms with E-state index in [1.165, 1.54) is 0 Å². The fraction of sp³-hybridized carbons (Fsp3) is 0. The van der Waals surface area contributed by atoms with Gasteiger partial charge >= 0.3 is 7.12 Å². The Morgan fingerprint density at radius 2 is 1.11 bits per heavy atom. The summed E-state index contributed by atoms with van der Waals surface area (Å²) < 4.78 is 0.886. The Labute approximate surface area is 224 Å². The summed E-state index contributed by atoms with van der Waals surface area (Å²) in [5, 5.41) is 25.3. The third kappa shape index (κ3) is 4.02. The van der Waals surface area contributed by atoms with Gasteiger partial charge in [0.15, 0.2) is 0 Å². The molecule has 3 nitrogen and oxygen atoms in total. The highest BCUT2D eigenvalue weighted by Gasteiger charge is 2.25. The van der Waals surface area contributed by atoms with Crippen LogP contribution in [0.1, 0.15) is 0 Å². The van der Waals surface area contributed by atoms with Crippen LogP contribution in [-0.2, 0) is 0 Å². The van der Waals surface area contributed by atoms with Gasteiger partial charge in [0.1, 0.15) is 0 Å². The number of hydrogen-bond donors (Lipinski definition) is 3. The molecule has 6 rings (SSSR count). The quantitative estimate of drug-likeness (QED) is 0.127. The van der Waals surface area contributed by atoms with Crippen LogP contribution in [0.2, 0.25) is 0 Å². The van der Waals surface area contributed by atoms with E-state index in [1.807, 2.05) is 60.7 Å². The van der Waals surface area contributed by atoms with Crippen molar-refractivity contribution in [2.45, 2.75) is 0 Å². The van der Waals surface area contributed by atoms with Gasteiger partial charge in [0.25, 0.3) is 0 Å². The Morgan fingerprint density at radius 3 is 1.68 bits per heavy atom. The smallest absolute Gasteiger partial charge is 0.423 e.